The molecule has 0 aromatic carbocycles. The van der Waals surface area contributed by atoms with Crippen molar-refractivity contribution < 1.29 is 38.3 Å². The lowest BCUT2D eigenvalue weighted by atomic mass is 10.0. The van der Waals surface area contributed by atoms with Crippen LogP contribution in [0.3, 0.4) is 0 Å². The molecule has 0 rings (SSSR count). The minimum absolute atomic E-state index is 0.156. The zero-order valence-electron chi connectivity index (χ0n) is 30.0. The lowest BCUT2D eigenvalue weighted by Gasteiger charge is -2.17. The Labute approximate surface area is 292 Å². The summed E-state index contributed by atoms with van der Waals surface area (Å²) in [5, 5.41) is 9.96. The lowest BCUT2D eigenvalue weighted by molar-refractivity contribution is -0.147. The van der Waals surface area contributed by atoms with Crippen LogP contribution in [0.1, 0.15) is 142 Å². The molecule has 0 aliphatic rings. The summed E-state index contributed by atoms with van der Waals surface area (Å²) >= 11 is 0. The van der Waals surface area contributed by atoms with Crippen molar-refractivity contribution >= 4 is 13.8 Å². The first-order valence-corrected chi connectivity index (χ1v) is 19.9. The van der Waals surface area contributed by atoms with E-state index in [1.54, 1.807) is 6.08 Å². The molecule has 0 aromatic heterocycles. The molecular weight excluding hydrogens is 627 g/mol. The summed E-state index contributed by atoms with van der Waals surface area (Å²) in [4.78, 5) is 30.3. The summed E-state index contributed by atoms with van der Waals surface area (Å²) in [6, 6.07) is 0. The number of unbranched alkanes of at least 4 members (excludes halogenated alkanes) is 13. The molecule has 9 heteroatoms. The van der Waals surface area contributed by atoms with Gasteiger partial charge in [0.2, 0.25) is 0 Å². The summed E-state index contributed by atoms with van der Waals surface area (Å²) < 4.78 is 26.6. The average molecular weight is 695 g/mol. The molecule has 0 aromatic rings. The van der Waals surface area contributed by atoms with Crippen molar-refractivity contribution in [3.8, 4) is 0 Å². The number of hydrogen-bond donors (Lipinski definition) is 3. The maximum absolute atomic E-state index is 12.2. The number of carbonyl (C=O) groups is 1. The standard InChI is InChI=1S/C39H67O8P/c1-3-5-7-9-11-12-13-14-15-16-19-22-26-30-34-45-38(36-47-48(42,43)44)35-46-39(41)33-29-25-21-18-17-20-24-28-32-37(40)31-27-23-10-8-6-4-2/h6,8,18,20-21,23-24,27-28,30,32,34,37-38,40H,3-5,7,9-17,19,22,25-26,29,31,33,35-36H2,1-2H3,(H2,42,43,44)/b8-6-,21-18-,24-20-,27-23-,32-28+,34-30+/t37?,38-/m1/s1. The number of phosphoric ester groups is 1. The van der Waals surface area contributed by atoms with E-state index in [1.165, 1.54) is 70.5 Å². The Morgan fingerprint density at radius 3 is 1.96 bits per heavy atom. The van der Waals surface area contributed by atoms with Crippen molar-refractivity contribution in [3.05, 3.63) is 73.1 Å². The maximum atomic E-state index is 12.2. The Morgan fingerprint density at radius 1 is 0.688 bits per heavy atom. The van der Waals surface area contributed by atoms with Crippen molar-refractivity contribution in [1.29, 1.82) is 0 Å². The van der Waals surface area contributed by atoms with Crippen LogP contribution in [0.2, 0.25) is 0 Å². The van der Waals surface area contributed by atoms with E-state index in [-0.39, 0.29) is 19.6 Å². The van der Waals surface area contributed by atoms with Gasteiger partial charge in [-0.25, -0.2) is 4.57 Å². The molecule has 0 fully saturated rings. The van der Waals surface area contributed by atoms with Crippen LogP contribution in [-0.4, -0.2) is 46.3 Å². The van der Waals surface area contributed by atoms with E-state index in [0.717, 1.165) is 44.9 Å². The van der Waals surface area contributed by atoms with Gasteiger partial charge in [0.1, 0.15) is 6.61 Å². The van der Waals surface area contributed by atoms with Gasteiger partial charge in [0.05, 0.1) is 19.0 Å². The molecule has 0 heterocycles. The topological polar surface area (TPSA) is 123 Å². The van der Waals surface area contributed by atoms with Gasteiger partial charge in [-0.3, -0.25) is 9.32 Å². The minimum Gasteiger partial charge on any atom is -0.492 e. The summed E-state index contributed by atoms with van der Waals surface area (Å²) in [6.45, 7) is 3.81. The molecule has 3 N–H and O–H groups in total. The van der Waals surface area contributed by atoms with E-state index >= 15 is 0 Å². The highest BCUT2D eigenvalue weighted by molar-refractivity contribution is 7.46. The van der Waals surface area contributed by atoms with Crippen molar-refractivity contribution in [3.63, 3.8) is 0 Å². The van der Waals surface area contributed by atoms with Crippen molar-refractivity contribution in [2.45, 2.75) is 154 Å². The third-order valence-electron chi connectivity index (χ3n) is 7.44. The molecule has 2 atom stereocenters. The number of rotatable bonds is 33. The predicted molar refractivity (Wildman–Crippen MR) is 198 cm³/mol. The normalized spacial score (nSPS) is 14.1. The average Bonchev–Trinajstić information content (AvgIpc) is 3.05. The number of hydrogen-bond acceptors (Lipinski definition) is 6. The van der Waals surface area contributed by atoms with Gasteiger partial charge < -0.3 is 24.4 Å². The Kier molecular flexibility index (Phi) is 33.0. The first kappa shape index (κ1) is 45.8. The predicted octanol–water partition coefficient (Wildman–Crippen LogP) is 10.5. The molecule has 1 unspecified atom stereocenters. The van der Waals surface area contributed by atoms with Gasteiger partial charge in [-0.05, 0) is 57.4 Å². The van der Waals surface area contributed by atoms with Gasteiger partial charge in [0.15, 0.2) is 6.10 Å². The van der Waals surface area contributed by atoms with Crippen molar-refractivity contribution in [2.24, 2.45) is 0 Å². The first-order valence-electron chi connectivity index (χ1n) is 18.4. The molecule has 0 radical (unpaired) electrons. The molecule has 0 saturated carbocycles. The van der Waals surface area contributed by atoms with Crippen LogP contribution in [0.5, 0.6) is 0 Å². The third-order valence-corrected chi connectivity index (χ3v) is 7.93. The van der Waals surface area contributed by atoms with Gasteiger partial charge in [-0.1, -0.05) is 145 Å². The lowest BCUT2D eigenvalue weighted by Crippen LogP contribution is -2.25. The fraction of sp³-hybridized carbons (Fsp3) is 0.667. The SMILES string of the molecule is CC/C=C\C/C=C\CC(O)/C=C/C=C\C/C=C\CCCC(=O)OC[C@H](COP(=O)(O)O)O/C=C/CCCCCCCCCCCCCC. The number of aliphatic hydroxyl groups is 1. The second kappa shape index (κ2) is 34.6. The molecule has 48 heavy (non-hydrogen) atoms. The van der Waals surface area contributed by atoms with Gasteiger partial charge >= 0.3 is 13.8 Å². The van der Waals surface area contributed by atoms with Crippen LogP contribution in [-0.2, 0) is 23.4 Å². The Hall–Kier alpha value is -2.22. The Bertz CT molecular complexity index is 963. The molecular formula is C39H67O8P. The molecule has 0 bridgehead atoms. The van der Waals surface area contributed by atoms with Crippen LogP contribution < -0.4 is 0 Å². The number of aliphatic hydroxyl groups excluding tert-OH is 1. The zero-order chi connectivity index (χ0) is 35.4. The number of esters is 1. The number of ether oxygens (including phenoxy) is 2. The van der Waals surface area contributed by atoms with E-state index in [1.807, 2.05) is 42.5 Å². The largest absolute Gasteiger partial charge is 0.492 e. The molecule has 0 spiro atoms. The van der Waals surface area contributed by atoms with Crippen LogP contribution in [0.25, 0.3) is 0 Å². The van der Waals surface area contributed by atoms with Gasteiger partial charge in [-0.2, -0.15) is 0 Å². The zero-order valence-corrected chi connectivity index (χ0v) is 30.9. The highest BCUT2D eigenvalue weighted by Gasteiger charge is 2.20. The smallest absolute Gasteiger partial charge is 0.469 e. The fourth-order valence-corrected chi connectivity index (χ4v) is 5.02. The minimum atomic E-state index is -4.67. The van der Waals surface area contributed by atoms with Crippen LogP contribution >= 0.6 is 7.82 Å². The number of carbonyl (C=O) groups excluding carboxylic acids is 1. The van der Waals surface area contributed by atoms with E-state index in [0.29, 0.717) is 12.8 Å². The maximum Gasteiger partial charge on any atom is 0.469 e. The molecule has 8 nitrogen and oxygen atoms in total. The second-order valence-electron chi connectivity index (χ2n) is 12.1. The molecule has 0 aliphatic heterocycles. The van der Waals surface area contributed by atoms with E-state index in [4.69, 9.17) is 19.3 Å². The highest BCUT2D eigenvalue weighted by Crippen LogP contribution is 2.35. The van der Waals surface area contributed by atoms with E-state index in [9.17, 15) is 14.5 Å². The first-order chi connectivity index (χ1) is 23.3. The molecule has 0 amide bonds. The molecule has 0 saturated heterocycles. The number of phosphoric acid groups is 1. The van der Waals surface area contributed by atoms with Crippen molar-refractivity contribution in [2.75, 3.05) is 13.2 Å². The number of allylic oxidation sites excluding steroid dienone is 9. The van der Waals surface area contributed by atoms with Gasteiger partial charge in [0, 0.05) is 6.42 Å². The van der Waals surface area contributed by atoms with E-state index in [2.05, 4.69) is 36.6 Å². The van der Waals surface area contributed by atoms with Crippen LogP contribution in [0, 0.1) is 0 Å². The second-order valence-corrected chi connectivity index (χ2v) is 13.3. The fourth-order valence-electron chi connectivity index (χ4n) is 4.66. The highest BCUT2D eigenvalue weighted by atomic mass is 31.2. The summed E-state index contributed by atoms with van der Waals surface area (Å²) in [5.74, 6) is -0.399. The molecule has 0 aliphatic carbocycles. The van der Waals surface area contributed by atoms with Gasteiger partial charge in [-0.15, -0.1) is 0 Å². The quantitative estimate of drug-likeness (QED) is 0.0155. The van der Waals surface area contributed by atoms with E-state index < -0.39 is 26.0 Å². The monoisotopic (exact) mass is 694 g/mol. The summed E-state index contributed by atoms with van der Waals surface area (Å²) in [6.07, 6.45) is 43.1. The Morgan fingerprint density at radius 2 is 1.29 bits per heavy atom. The van der Waals surface area contributed by atoms with Crippen molar-refractivity contribution in [1.82, 2.24) is 0 Å². The molecule has 276 valence electrons. The Balaban J connectivity index is 4.10. The van der Waals surface area contributed by atoms with Gasteiger partial charge in [0.25, 0.3) is 0 Å². The third kappa shape index (κ3) is 36.6. The van der Waals surface area contributed by atoms with Crippen LogP contribution in [0.4, 0.5) is 0 Å². The van der Waals surface area contributed by atoms with Crippen LogP contribution in [0.15, 0.2) is 73.1 Å². The summed E-state index contributed by atoms with van der Waals surface area (Å²) in [5.41, 5.74) is 0. The summed E-state index contributed by atoms with van der Waals surface area (Å²) in [7, 11) is -4.67.